The lowest BCUT2D eigenvalue weighted by Gasteiger charge is -2.42. The van der Waals surface area contributed by atoms with Gasteiger partial charge in [0.1, 0.15) is 0 Å². The standard InChI is InChI=1S/C19H28O/c1-7-13(2)17(20)14-8-9-15-16(12-14)19(5,6)11-10-18(15,3)4/h8-9,12-13H,7,10-11H2,1-6H3. The van der Waals surface area contributed by atoms with Gasteiger partial charge in [0.25, 0.3) is 0 Å². The second-order valence-electron chi connectivity index (χ2n) is 7.70. The van der Waals surface area contributed by atoms with Crippen LogP contribution in [-0.4, -0.2) is 5.78 Å². The zero-order chi connectivity index (χ0) is 15.1. The van der Waals surface area contributed by atoms with Crippen LogP contribution in [0.5, 0.6) is 0 Å². The van der Waals surface area contributed by atoms with Crippen LogP contribution in [0, 0.1) is 5.92 Å². The molecule has 0 bridgehead atoms. The Bertz CT molecular complexity index is 523. The summed E-state index contributed by atoms with van der Waals surface area (Å²) in [6, 6.07) is 6.41. The molecule has 2 rings (SSSR count). The van der Waals surface area contributed by atoms with Crippen molar-refractivity contribution in [3.8, 4) is 0 Å². The van der Waals surface area contributed by atoms with E-state index >= 15 is 0 Å². The number of Topliss-reactive ketones (excluding diaryl/α,β-unsaturated/α-hetero) is 1. The number of hydrogen-bond acceptors (Lipinski definition) is 1. The molecule has 1 aromatic rings. The Kier molecular flexibility index (Phi) is 3.83. The fourth-order valence-corrected chi connectivity index (χ4v) is 3.21. The molecule has 0 saturated heterocycles. The smallest absolute Gasteiger partial charge is 0.165 e. The minimum atomic E-state index is 0.118. The Morgan fingerprint density at radius 1 is 1.10 bits per heavy atom. The van der Waals surface area contributed by atoms with Crippen LogP contribution in [-0.2, 0) is 10.8 Å². The lowest BCUT2D eigenvalue weighted by atomic mass is 9.63. The fourth-order valence-electron chi connectivity index (χ4n) is 3.21. The first kappa shape index (κ1) is 15.3. The summed E-state index contributed by atoms with van der Waals surface area (Å²) in [5.74, 6) is 0.405. The van der Waals surface area contributed by atoms with Crippen molar-refractivity contribution in [3.05, 3.63) is 34.9 Å². The topological polar surface area (TPSA) is 17.1 Å². The number of ketones is 1. The van der Waals surface area contributed by atoms with E-state index in [1.165, 1.54) is 24.0 Å². The Morgan fingerprint density at radius 2 is 1.65 bits per heavy atom. The van der Waals surface area contributed by atoms with Crippen molar-refractivity contribution < 1.29 is 4.79 Å². The maximum Gasteiger partial charge on any atom is 0.165 e. The summed E-state index contributed by atoms with van der Waals surface area (Å²) in [6.07, 6.45) is 3.31. The van der Waals surface area contributed by atoms with Gasteiger partial charge < -0.3 is 0 Å². The van der Waals surface area contributed by atoms with Crippen molar-refractivity contribution in [2.24, 2.45) is 5.92 Å². The molecule has 110 valence electrons. The number of fused-ring (bicyclic) bond motifs is 1. The summed E-state index contributed by atoms with van der Waals surface area (Å²) in [7, 11) is 0. The normalized spacial score (nSPS) is 21.1. The van der Waals surface area contributed by atoms with Crippen LogP contribution in [0.15, 0.2) is 18.2 Å². The van der Waals surface area contributed by atoms with Crippen molar-refractivity contribution in [2.45, 2.75) is 71.6 Å². The quantitative estimate of drug-likeness (QED) is 0.685. The van der Waals surface area contributed by atoms with Crippen LogP contribution in [0.4, 0.5) is 0 Å². The third-order valence-electron chi connectivity index (χ3n) is 5.20. The van der Waals surface area contributed by atoms with E-state index in [-0.39, 0.29) is 22.5 Å². The first-order valence-corrected chi connectivity index (χ1v) is 7.88. The van der Waals surface area contributed by atoms with Gasteiger partial charge in [0.05, 0.1) is 0 Å². The van der Waals surface area contributed by atoms with E-state index in [2.05, 4.69) is 46.8 Å². The van der Waals surface area contributed by atoms with Crippen LogP contribution in [0.25, 0.3) is 0 Å². The highest BCUT2D eigenvalue weighted by Gasteiger charge is 2.37. The molecule has 0 spiro atoms. The Morgan fingerprint density at radius 3 is 2.20 bits per heavy atom. The molecule has 0 aromatic heterocycles. The van der Waals surface area contributed by atoms with Gasteiger partial charge >= 0.3 is 0 Å². The summed E-state index contributed by atoms with van der Waals surface area (Å²) in [4.78, 5) is 12.4. The maximum atomic E-state index is 12.4. The lowest BCUT2D eigenvalue weighted by Crippen LogP contribution is -2.34. The second kappa shape index (κ2) is 5.02. The molecule has 0 aliphatic heterocycles. The number of carbonyl (C=O) groups is 1. The minimum Gasteiger partial charge on any atom is -0.294 e. The molecule has 1 aliphatic rings. The van der Waals surface area contributed by atoms with Gasteiger partial charge in [-0.05, 0) is 47.3 Å². The summed E-state index contributed by atoms with van der Waals surface area (Å²) < 4.78 is 0. The van der Waals surface area contributed by atoms with E-state index in [1.54, 1.807) is 0 Å². The van der Waals surface area contributed by atoms with Gasteiger partial charge in [0, 0.05) is 11.5 Å². The number of carbonyl (C=O) groups excluding carboxylic acids is 1. The molecular weight excluding hydrogens is 244 g/mol. The average Bonchev–Trinajstić information content (AvgIpc) is 2.42. The van der Waals surface area contributed by atoms with Crippen molar-refractivity contribution in [3.63, 3.8) is 0 Å². The van der Waals surface area contributed by atoms with Gasteiger partial charge in [-0.3, -0.25) is 4.79 Å². The van der Waals surface area contributed by atoms with Crippen LogP contribution in [0.1, 0.15) is 82.3 Å². The molecule has 0 fully saturated rings. The highest BCUT2D eigenvalue weighted by Crippen LogP contribution is 2.46. The molecule has 1 aromatic carbocycles. The van der Waals surface area contributed by atoms with Gasteiger partial charge in [-0.15, -0.1) is 0 Å². The molecule has 1 aliphatic carbocycles. The minimum absolute atomic E-state index is 0.118. The number of rotatable bonds is 3. The number of benzene rings is 1. The van der Waals surface area contributed by atoms with Crippen molar-refractivity contribution in [2.75, 3.05) is 0 Å². The molecule has 20 heavy (non-hydrogen) atoms. The molecular formula is C19H28O. The summed E-state index contributed by atoms with van der Waals surface area (Å²) in [5, 5.41) is 0. The summed E-state index contributed by atoms with van der Waals surface area (Å²) in [6.45, 7) is 13.3. The largest absolute Gasteiger partial charge is 0.294 e. The third-order valence-corrected chi connectivity index (χ3v) is 5.20. The maximum absolute atomic E-state index is 12.4. The van der Waals surface area contributed by atoms with Crippen LogP contribution < -0.4 is 0 Å². The van der Waals surface area contributed by atoms with E-state index in [9.17, 15) is 4.79 Å². The van der Waals surface area contributed by atoms with Crippen LogP contribution >= 0.6 is 0 Å². The third kappa shape index (κ3) is 2.55. The zero-order valence-corrected chi connectivity index (χ0v) is 13.8. The molecule has 1 atom stereocenters. The summed E-state index contributed by atoms with van der Waals surface area (Å²) >= 11 is 0. The highest BCUT2D eigenvalue weighted by molar-refractivity contribution is 5.98. The van der Waals surface area contributed by atoms with E-state index in [0.717, 1.165) is 12.0 Å². The predicted octanol–water partition coefficient (Wildman–Crippen LogP) is 5.26. The lowest BCUT2D eigenvalue weighted by molar-refractivity contribution is 0.0927. The fraction of sp³-hybridized carbons (Fsp3) is 0.632. The molecule has 1 heteroatoms. The second-order valence-corrected chi connectivity index (χ2v) is 7.70. The van der Waals surface area contributed by atoms with Crippen LogP contribution in [0.2, 0.25) is 0 Å². The van der Waals surface area contributed by atoms with E-state index in [1.807, 2.05) is 13.0 Å². The van der Waals surface area contributed by atoms with Gasteiger partial charge in [-0.2, -0.15) is 0 Å². The van der Waals surface area contributed by atoms with Crippen molar-refractivity contribution >= 4 is 5.78 Å². The van der Waals surface area contributed by atoms with Crippen molar-refractivity contribution in [1.29, 1.82) is 0 Å². The van der Waals surface area contributed by atoms with Gasteiger partial charge in [0.15, 0.2) is 5.78 Å². The predicted molar refractivity (Wildman–Crippen MR) is 85.5 cm³/mol. The van der Waals surface area contributed by atoms with Gasteiger partial charge in [-0.25, -0.2) is 0 Å². The van der Waals surface area contributed by atoms with Gasteiger partial charge in [0.2, 0.25) is 0 Å². The first-order chi connectivity index (χ1) is 9.19. The molecule has 1 unspecified atom stereocenters. The summed E-state index contributed by atoms with van der Waals surface area (Å²) in [5.41, 5.74) is 4.10. The Balaban J connectivity index is 2.51. The Hall–Kier alpha value is -1.11. The van der Waals surface area contributed by atoms with E-state index < -0.39 is 0 Å². The van der Waals surface area contributed by atoms with E-state index in [4.69, 9.17) is 0 Å². The molecule has 0 amide bonds. The monoisotopic (exact) mass is 272 g/mol. The SMILES string of the molecule is CCC(C)C(=O)c1ccc2c(c1)C(C)(C)CCC2(C)C. The average molecular weight is 272 g/mol. The molecule has 0 N–H and O–H groups in total. The highest BCUT2D eigenvalue weighted by atomic mass is 16.1. The molecule has 0 heterocycles. The molecule has 0 saturated carbocycles. The van der Waals surface area contributed by atoms with Crippen LogP contribution in [0.3, 0.4) is 0 Å². The van der Waals surface area contributed by atoms with Gasteiger partial charge in [-0.1, -0.05) is 53.7 Å². The zero-order valence-electron chi connectivity index (χ0n) is 13.8. The van der Waals surface area contributed by atoms with E-state index in [0.29, 0.717) is 0 Å². The number of hydrogen-bond donors (Lipinski definition) is 0. The molecule has 0 radical (unpaired) electrons. The molecule has 1 nitrogen and oxygen atoms in total. The first-order valence-electron chi connectivity index (χ1n) is 7.88. The Labute approximate surface area is 123 Å². The van der Waals surface area contributed by atoms with Crippen molar-refractivity contribution in [1.82, 2.24) is 0 Å².